The van der Waals surface area contributed by atoms with Gasteiger partial charge >= 0.3 is 0 Å². The van der Waals surface area contributed by atoms with Gasteiger partial charge in [-0.15, -0.1) is 11.3 Å². The average molecular weight is 342 g/mol. The lowest BCUT2D eigenvalue weighted by molar-refractivity contribution is 0.0937. The van der Waals surface area contributed by atoms with E-state index in [1.807, 2.05) is 29.1 Å². The first-order chi connectivity index (χ1) is 11.6. The fourth-order valence-corrected chi connectivity index (χ4v) is 3.85. The quantitative estimate of drug-likeness (QED) is 0.767. The number of nitrogens with one attached hydrogen (secondary N) is 2. The van der Waals surface area contributed by atoms with Gasteiger partial charge in [-0.05, 0) is 44.2 Å². The van der Waals surface area contributed by atoms with Crippen molar-refractivity contribution in [3.05, 3.63) is 56.7 Å². The summed E-state index contributed by atoms with van der Waals surface area (Å²) < 4.78 is 1.92. The van der Waals surface area contributed by atoms with E-state index in [-0.39, 0.29) is 23.1 Å². The highest BCUT2D eigenvalue weighted by Crippen LogP contribution is 2.20. The van der Waals surface area contributed by atoms with E-state index in [4.69, 9.17) is 0 Å². The standard InChI is InChI=1S/C17H18N4O2S/c1-10(14-9-21-6-7-24-17(21)20-14)18-15(22)12-8-11-4-2-3-5-13(11)19-16(12)23/h6-10H,2-5H2,1H3,(H,18,22)(H,19,23). The summed E-state index contributed by atoms with van der Waals surface area (Å²) in [6, 6.07) is 1.49. The van der Waals surface area contributed by atoms with E-state index in [0.29, 0.717) is 0 Å². The first-order valence-electron chi connectivity index (χ1n) is 8.10. The van der Waals surface area contributed by atoms with Crippen LogP contribution in [-0.4, -0.2) is 20.3 Å². The summed E-state index contributed by atoms with van der Waals surface area (Å²) in [4.78, 5) is 33.0. The van der Waals surface area contributed by atoms with Crippen LogP contribution in [0.25, 0.3) is 4.96 Å². The normalized spacial score (nSPS) is 15.2. The number of hydrogen-bond donors (Lipinski definition) is 2. The number of hydrogen-bond acceptors (Lipinski definition) is 4. The third-order valence-corrected chi connectivity index (χ3v) is 5.26. The van der Waals surface area contributed by atoms with Crippen LogP contribution in [0.5, 0.6) is 0 Å². The molecule has 0 saturated heterocycles. The monoisotopic (exact) mass is 342 g/mol. The molecule has 0 spiro atoms. The second-order valence-electron chi connectivity index (χ2n) is 6.18. The molecule has 4 rings (SSSR count). The Labute approximate surface area is 142 Å². The molecule has 3 heterocycles. The highest BCUT2D eigenvalue weighted by atomic mass is 32.1. The van der Waals surface area contributed by atoms with Crippen LogP contribution < -0.4 is 10.9 Å². The van der Waals surface area contributed by atoms with Crippen molar-refractivity contribution < 1.29 is 4.79 Å². The molecule has 3 aromatic heterocycles. The molecule has 24 heavy (non-hydrogen) atoms. The summed E-state index contributed by atoms with van der Waals surface area (Å²) in [6.45, 7) is 1.87. The van der Waals surface area contributed by atoms with Gasteiger partial charge in [0.25, 0.3) is 11.5 Å². The Morgan fingerprint density at radius 2 is 2.25 bits per heavy atom. The number of imidazole rings is 1. The topological polar surface area (TPSA) is 79.3 Å². The van der Waals surface area contributed by atoms with Crippen molar-refractivity contribution in [2.45, 2.75) is 38.6 Å². The largest absolute Gasteiger partial charge is 0.344 e. The lowest BCUT2D eigenvalue weighted by Gasteiger charge is -2.17. The summed E-state index contributed by atoms with van der Waals surface area (Å²) >= 11 is 1.54. The highest BCUT2D eigenvalue weighted by molar-refractivity contribution is 7.15. The van der Waals surface area contributed by atoms with Crippen molar-refractivity contribution in [3.63, 3.8) is 0 Å². The maximum Gasteiger partial charge on any atom is 0.261 e. The number of carbonyl (C=O) groups is 1. The lowest BCUT2D eigenvalue weighted by atomic mass is 9.95. The molecule has 0 bridgehead atoms. The number of aryl methyl sites for hydroxylation is 2. The number of fused-ring (bicyclic) bond motifs is 2. The number of H-pyrrole nitrogens is 1. The van der Waals surface area contributed by atoms with Crippen LogP contribution in [0.15, 0.2) is 28.6 Å². The second kappa shape index (κ2) is 5.90. The number of aromatic amines is 1. The smallest absolute Gasteiger partial charge is 0.261 e. The molecule has 124 valence electrons. The minimum atomic E-state index is -0.353. The van der Waals surface area contributed by atoms with Crippen LogP contribution in [-0.2, 0) is 12.8 Å². The highest BCUT2D eigenvalue weighted by Gasteiger charge is 2.20. The number of rotatable bonds is 3. The molecular weight excluding hydrogens is 324 g/mol. The van der Waals surface area contributed by atoms with Crippen molar-refractivity contribution in [2.75, 3.05) is 0 Å². The molecule has 0 radical (unpaired) electrons. The molecule has 2 N–H and O–H groups in total. The number of pyridine rings is 1. The van der Waals surface area contributed by atoms with Gasteiger partial charge in [0.15, 0.2) is 4.96 Å². The maximum atomic E-state index is 12.5. The van der Waals surface area contributed by atoms with Gasteiger partial charge in [0, 0.05) is 23.5 Å². The van der Waals surface area contributed by atoms with Gasteiger partial charge in [0.1, 0.15) is 5.56 Å². The average Bonchev–Trinajstić information content (AvgIpc) is 3.15. The van der Waals surface area contributed by atoms with Crippen molar-refractivity contribution in [3.8, 4) is 0 Å². The molecule has 1 aliphatic carbocycles. The molecule has 3 aromatic rings. The van der Waals surface area contributed by atoms with Crippen molar-refractivity contribution >= 4 is 22.2 Å². The Hall–Kier alpha value is -2.41. The molecule has 0 fully saturated rings. The Morgan fingerprint density at radius 1 is 1.42 bits per heavy atom. The van der Waals surface area contributed by atoms with E-state index in [9.17, 15) is 9.59 Å². The molecule has 0 saturated carbocycles. The Kier molecular flexibility index (Phi) is 3.72. The Morgan fingerprint density at radius 3 is 3.08 bits per heavy atom. The van der Waals surface area contributed by atoms with Crippen LogP contribution in [0.4, 0.5) is 0 Å². The summed E-state index contributed by atoms with van der Waals surface area (Å²) in [6.07, 6.45) is 7.81. The fraction of sp³-hybridized carbons (Fsp3) is 0.353. The minimum Gasteiger partial charge on any atom is -0.344 e. The van der Waals surface area contributed by atoms with Gasteiger partial charge in [-0.25, -0.2) is 4.98 Å². The molecule has 0 aliphatic heterocycles. The number of carbonyl (C=O) groups excluding carboxylic acids is 1. The Balaban J connectivity index is 1.57. The van der Waals surface area contributed by atoms with Gasteiger partial charge in [0.05, 0.1) is 11.7 Å². The SMILES string of the molecule is CC(NC(=O)c1cc2c([nH]c1=O)CCCC2)c1cn2ccsc2n1. The number of nitrogens with zero attached hydrogens (tertiary/aromatic N) is 2. The molecule has 1 amide bonds. The molecule has 1 unspecified atom stereocenters. The lowest BCUT2D eigenvalue weighted by Crippen LogP contribution is -2.32. The maximum absolute atomic E-state index is 12.5. The van der Waals surface area contributed by atoms with Crippen LogP contribution >= 0.6 is 11.3 Å². The molecule has 0 aromatic carbocycles. The van der Waals surface area contributed by atoms with E-state index in [1.54, 1.807) is 17.4 Å². The van der Waals surface area contributed by atoms with Gasteiger partial charge in [-0.2, -0.15) is 0 Å². The predicted molar refractivity (Wildman–Crippen MR) is 92.7 cm³/mol. The van der Waals surface area contributed by atoms with E-state index >= 15 is 0 Å². The number of amides is 1. The molecule has 6 nitrogen and oxygen atoms in total. The first-order valence-corrected chi connectivity index (χ1v) is 8.98. The van der Waals surface area contributed by atoms with E-state index < -0.39 is 0 Å². The second-order valence-corrected chi connectivity index (χ2v) is 7.05. The van der Waals surface area contributed by atoms with Gasteiger partial charge in [0.2, 0.25) is 0 Å². The minimum absolute atomic E-state index is 0.184. The van der Waals surface area contributed by atoms with Gasteiger partial charge in [-0.1, -0.05) is 0 Å². The summed E-state index contributed by atoms with van der Waals surface area (Å²) in [7, 11) is 0. The van der Waals surface area contributed by atoms with E-state index in [0.717, 1.165) is 47.6 Å². The summed E-state index contributed by atoms with van der Waals surface area (Å²) in [5.41, 5.74) is 2.71. The van der Waals surface area contributed by atoms with Gasteiger partial charge in [-0.3, -0.25) is 14.0 Å². The molecule has 1 atom stereocenters. The first kappa shape index (κ1) is 15.1. The molecule has 1 aliphatic rings. The third-order valence-electron chi connectivity index (χ3n) is 4.49. The Bertz CT molecular complexity index is 940. The molecular formula is C17H18N4O2S. The predicted octanol–water partition coefficient (Wildman–Crippen LogP) is 2.45. The zero-order valence-corrected chi connectivity index (χ0v) is 14.2. The number of aromatic nitrogens is 3. The number of thiazole rings is 1. The fourth-order valence-electron chi connectivity index (χ4n) is 3.15. The van der Waals surface area contributed by atoms with E-state index in [1.165, 1.54) is 0 Å². The summed E-state index contributed by atoms with van der Waals surface area (Å²) in [5.74, 6) is -0.353. The van der Waals surface area contributed by atoms with Gasteiger partial charge < -0.3 is 10.3 Å². The van der Waals surface area contributed by atoms with Crippen LogP contribution in [0.3, 0.4) is 0 Å². The third kappa shape index (κ3) is 2.65. The zero-order chi connectivity index (χ0) is 16.7. The van der Waals surface area contributed by atoms with Crippen LogP contribution in [0, 0.1) is 0 Å². The van der Waals surface area contributed by atoms with Crippen LogP contribution in [0.2, 0.25) is 0 Å². The van der Waals surface area contributed by atoms with Crippen molar-refractivity contribution in [2.24, 2.45) is 0 Å². The van der Waals surface area contributed by atoms with Crippen molar-refractivity contribution in [1.82, 2.24) is 19.7 Å². The molecule has 7 heteroatoms. The summed E-state index contributed by atoms with van der Waals surface area (Å²) in [5, 5.41) is 4.84. The van der Waals surface area contributed by atoms with Crippen molar-refractivity contribution in [1.29, 1.82) is 0 Å². The zero-order valence-electron chi connectivity index (χ0n) is 13.3. The van der Waals surface area contributed by atoms with Crippen LogP contribution in [0.1, 0.15) is 53.1 Å². The van der Waals surface area contributed by atoms with E-state index in [2.05, 4.69) is 15.3 Å².